The molecule has 5 N–H and O–H groups in total. The summed E-state index contributed by atoms with van der Waals surface area (Å²) in [5.74, 6) is -1.60. The molecule has 142 valence electrons. The predicted octanol–water partition coefficient (Wildman–Crippen LogP) is -1.77. The van der Waals surface area contributed by atoms with Gasteiger partial charge in [0.1, 0.15) is 12.1 Å². The Kier molecular flexibility index (Phi) is 13.4. The number of amides is 3. The zero-order valence-electron chi connectivity index (χ0n) is 14.6. The Bertz CT molecular complexity index is 409. The Labute approximate surface area is 148 Å². The van der Waals surface area contributed by atoms with Gasteiger partial charge in [-0.1, -0.05) is 13.3 Å². The number of methoxy groups -OCH3 is 1. The van der Waals surface area contributed by atoms with Crippen molar-refractivity contribution in [3.8, 4) is 0 Å². The van der Waals surface area contributed by atoms with Crippen LogP contribution in [0.5, 0.6) is 0 Å². The Morgan fingerprint density at radius 3 is 2.33 bits per heavy atom. The first kappa shape index (κ1) is 24.8. The largest absolute Gasteiger partial charge is 0.382 e. The maximum Gasteiger partial charge on any atom is 0.250 e. The van der Waals surface area contributed by atoms with Gasteiger partial charge in [0, 0.05) is 27.2 Å². The van der Waals surface area contributed by atoms with Crippen molar-refractivity contribution >= 4 is 30.1 Å². The number of halogens is 1. The summed E-state index contributed by atoms with van der Waals surface area (Å²) < 4.78 is 4.89. The van der Waals surface area contributed by atoms with Crippen molar-refractivity contribution in [3.05, 3.63) is 0 Å². The summed E-state index contributed by atoms with van der Waals surface area (Å²) in [6, 6.07) is -1.52. The fourth-order valence-electron chi connectivity index (χ4n) is 1.86. The van der Waals surface area contributed by atoms with Crippen LogP contribution >= 0.6 is 12.4 Å². The lowest BCUT2D eigenvalue weighted by atomic mass is 10.1. The van der Waals surface area contributed by atoms with E-state index in [-0.39, 0.29) is 31.5 Å². The normalized spacial score (nSPS) is 13.9. The van der Waals surface area contributed by atoms with Gasteiger partial charge in [0.25, 0.3) is 5.91 Å². The first-order valence-electron chi connectivity index (χ1n) is 7.45. The summed E-state index contributed by atoms with van der Waals surface area (Å²) in [7, 11) is 4.53. The van der Waals surface area contributed by atoms with Gasteiger partial charge in [-0.15, -0.1) is 12.4 Å². The van der Waals surface area contributed by atoms with E-state index >= 15 is 0 Å². The summed E-state index contributed by atoms with van der Waals surface area (Å²) in [5, 5.41) is 14.5. The molecular weight excluding hydrogens is 340 g/mol. The summed E-state index contributed by atoms with van der Waals surface area (Å²) >= 11 is 0. The van der Waals surface area contributed by atoms with Crippen LogP contribution in [0.15, 0.2) is 0 Å². The molecule has 0 rings (SSSR count). The van der Waals surface area contributed by atoms with Crippen molar-refractivity contribution in [2.24, 2.45) is 5.73 Å². The second kappa shape index (κ2) is 12.9. The van der Waals surface area contributed by atoms with E-state index in [1.54, 1.807) is 14.1 Å². The maximum atomic E-state index is 11.9. The van der Waals surface area contributed by atoms with E-state index in [0.717, 1.165) is 6.42 Å². The van der Waals surface area contributed by atoms with Crippen LogP contribution in [-0.4, -0.2) is 80.3 Å². The highest BCUT2D eigenvalue weighted by Crippen LogP contribution is 1.99. The molecule has 0 saturated carbocycles. The van der Waals surface area contributed by atoms with E-state index < -0.39 is 30.0 Å². The molecule has 0 aliphatic rings. The number of nitrogens with zero attached hydrogens (tertiary/aromatic N) is 1. The van der Waals surface area contributed by atoms with Gasteiger partial charge in [-0.2, -0.15) is 0 Å². The summed E-state index contributed by atoms with van der Waals surface area (Å²) in [6.45, 7) is 1.53. The number of nitrogens with one attached hydrogen (secondary N) is 2. The number of hydrogen-bond acceptors (Lipinski definition) is 6. The minimum absolute atomic E-state index is 0. The Morgan fingerprint density at radius 2 is 1.88 bits per heavy atom. The zero-order chi connectivity index (χ0) is 18.0. The molecule has 0 fully saturated rings. The van der Waals surface area contributed by atoms with Crippen LogP contribution in [0.1, 0.15) is 19.8 Å². The average molecular weight is 369 g/mol. The lowest BCUT2D eigenvalue weighted by Crippen LogP contribution is -2.53. The van der Waals surface area contributed by atoms with Crippen LogP contribution < -0.4 is 16.4 Å². The van der Waals surface area contributed by atoms with Crippen molar-refractivity contribution in [2.75, 3.05) is 34.4 Å². The quantitative estimate of drug-likeness (QED) is 0.360. The summed E-state index contributed by atoms with van der Waals surface area (Å²) in [5.41, 5.74) is 5.65. The third-order valence-electron chi connectivity index (χ3n) is 3.13. The number of carbonyl (C=O) groups excluding carboxylic acids is 3. The molecular formula is C14H29ClN4O5. The molecule has 0 aromatic carbocycles. The van der Waals surface area contributed by atoms with Crippen molar-refractivity contribution in [2.45, 2.75) is 38.0 Å². The van der Waals surface area contributed by atoms with Crippen molar-refractivity contribution in [1.82, 2.24) is 15.5 Å². The smallest absolute Gasteiger partial charge is 0.250 e. The van der Waals surface area contributed by atoms with E-state index in [1.165, 1.54) is 12.0 Å². The molecule has 0 bridgehead atoms. The van der Waals surface area contributed by atoms with E-state index in [1.807, 2.05) is 6.92 Å². The van der Waals surface area contributed by atoms with Gasteiger partial charge in [0.05, 0.1) is 13.2 Å². The Morgan fingerprint density at radius 1 is 1.29 bits per heavy atom. The fraction of sp³-hybridized carbons (Fsp3) is 0.786. The molecule has 10 heteroatoms. The molecule has 0 aromatic heterocycles. The Balaban J connectivity index is 0. The summed E-state index contributed by atoms with van der Waals surface area (Å²) in [6.07, 6.45) is -0.147. The van der Waals surface area contributed by atoms with Gasteiger partial charge in [-0.3, -0.25) is 14.4 Å². The molecule has 3 amide bonds. The van der Waals surface area contributed by atoms with Gasteiger partial charge in [-0.05, 0) is 6.42 Å². The SMILES string of the molecule is CCC[C@H](N)C(O)C(=O)NCC(=O)N[C@@H](COC)C(=O)N(C)C.Cl. The first-order valence-corrected chi connectivity index (χ1v) is 7.45. The topological polar surface area (TPSA) is 134 Å². The number of likely N-dealkylation sites (N-methyl/N-ethyl adjacent to an activating group) is 1. The third kappa shape index (κ3) is 9.02. The number of hydrogen-bond donors (Lipinski definition) is 4. The molecule has 1 unspecified atom stereocenters. The number of nitrogens with two attached hydrogens (primary N) is 1. The number of rotatable bonds is 10. The third-order valence-corrected chi connectivity index (χ3v) is 3.13. The monoisotopic (exact) mass is 368 g/mol. The standard InChI is InChI=1S/C14H28N4O5.ClH/c1-5-6-9(15)12(20)13(21)16-7-11(19)17-10(8-23-4)14(22)18(2)3;/h9-10,12,20H,5-8,15H2,1-4H3,(H,16,21)(H,17,19);1H/t9-,10-,12?;/m0./s1. The van der Waals surface area contributed by atoms with Crippen LogP contribution in [0.4, 0.5) is 0 Å². The molecule has 0 aromatic rings. The molecule has 0 spiro atoms. The van der Waals surface area contributed by atoms with Crippen LogP contribution in [0.3, 0.4) is 0 Å². The van der Waals surface area contributed by atoms with E-state index in [2.05, 4.69) is 10.6 Å². The number of carbonyl (C=O) groups is 3. The number of ether oxygens (including phenoxy) is 1. The van der Waals surface area contributed by atoms with Crippen LogP contribution in [0.25, 0.3) is 0 Å². The first-order chi connectivity index (χ1) is 10.7. The molecule has 0 aliphatic heterocycles. The zero-order valence-corrected chi connectivity index (χ0v) is 15.4. The van der Waals surface area contributed by atoms with Crippen molar-refractivity contribution in [1.29, 1.82) is 0 Å². The van der Waals surface area contributed by atoms with Gasteiger partial charge in [0.15, 0.2) is 0 Å². The van der Waals surface area contributed by atoms with Crippen molar-refractivity contribution < 1.29 is 24.2 Å². The summed E-state index contributed by atoms with van der Waals surface area (Å²) in [4.78, 5) is 36.7. The van der Waals surface area contributed by atoms with E-state index in [4.69, 9.17) is 10.5 Å². The highest BCUT2D eigenvalue weighted by molar-refractivity contribution is 5.90. The Hall–Kier alpha value is -1.42. The van der Waals surface area contributed by atoms with Crippen LogP contribution in [0.2, 0.25) is 0 Å². The highest BCUT2D eigenvalue weighted by Gasteiger charge is 2.25. The second-order valence-electron chi connectivity index (χ2n) is 5.42. The van der Waals surface area contributed by atoms with Crippen LogP contribution in [-0.2, 0) is 19.1 Å². The molecule has 3 atom stereocenters. The molecule has 9 nitrogen and oxygen atoms in total. The van der Waals surface area contributed by atoms with Crippen molar-refractivity contribution in [3.63, 3.8) is 0 Å². The van der Waals surface area contributed by atoms with Gasteiger partial charge in [-0.25, -0.2) is 0 Å². The maximum absolute atomic E-state index is 11.9. The van der Waals surface area contributed by atoms with E-state index in [0.29, 0.717) is 6.42 Å². The molecule has 0 radical (unpaired) electrons. The minimum Gasteiger partial charge on any atom is -0.382 e. The molecule has 0 heterocycles. The predicted molar refractivity (Wildman–Crippen MR) is 91.6 cm³/mol. The second-order valence-corrected chi connectivity index (χ2v) is 5.42. The minimum atomic E-state index is -1.37. The molecule has 24 heavy (non-hydrogen) atoms. The van der Waals surface area contributed by atoms with Gasteiger partial charge >= 0.3 is 0 Å². The highest BCUT2D eigenvalue weighted by atomic mass is 35.5. The lowest BCUT2D eigenvalue weighted by molar-refractivity contribution is -0.136. The molecule has 0 aliphatic carbocycles. The molecule has 0 saturated heterocycles. The van der Waals surface area contributed by atoms with Gasteiger partial charge < -0.3 is 31.1 Å². The van der Waals surface area contributed by atoms with Gasteiger partial charge in [0.2, 0.25) is 11.8 Å². The fourth-order valence-corrected chi connectivity index (χ4v) is 1.86. The van der Waals surface area contributed by atoms with Crippen LogP contribution in [0, 0.1) is 0 Å². The average Bonchev–Trinajstić information content (AvgIpc) is 2.50. The van der Waals surface area contributed by atoms with E-state index in [9.17, 15) is 19.5 Å². The number of aliphatic hydroxyl groups excluding tert-OH is 1. The lowest BCUT2D eigenvalue weighted by Gasteiger charge is -2.21. The number of aliphatic hydroxyl groups is 1.